The minimum absolute atomic E-state index is 0.00879. The minimum Gasteiger partial charge on any atom is -0.485 e. The van der Waals surface area contributed by atoms with Gasteiger partial charge in [0.25, 0.3) is 5.91 Å². The second-order valence-corrected chi connectivity index (χ2v) is 8.98. The third-order valence-corrected chi connectivity index (χ3v) is 6.56. The zero-order valence-corrected chi connectivity index (χ0v) is 17.9. The molecule has 1 saturated heterocycles. The van der Waals surface area contributed by atoms with Gasteiger partial charge in [-0.1, -0.05) is 39.4 Å². The van der Waals surface area contributed by atoms with Crippen molar-refractivity contribution in [2.24, 2.45) is 0 Å². The summed E-state index contributed by atoms with van der Waals surface area (Å²) in [6.45, 7) is 1.37. The van der Waals surface area contributed by atoms with E-state index in [1.165, 1.54) is 11.3 Å². The zero-order chi connectivity index (χ0) is 19.8. The number of amides is 1. The lowest BCUT2D eigenvalue weighted by atomic mass is 10.2. The quantitative estimate of drug-likeness (QED) is 0.560. The highest BCUT2D eigenvalue weighted by Gasteiger charge is 2.35. The molecule has 2 atom stereocenters. The molecule has 1 fully saturated rings. The first-order valence-electron chi connectivity index (χ1n) is 9.55. The molecule has 1 amide bonds. The Morgan fingerprint density at radius 3 is 2.93 bits per heavy atom. The van der Waals surface area contributed by atoms with E-state index in [2.05, 4.69) is 15.9 Å². The van der Waals surface area contributed by atoms with Crippen molar-refractivity contribution in [3.05, 3.63) is 46.9 Å². The molecule has 0 spiro atoms. The van der Waals surface area contributed by atoms with Gasteiger partial charge in [0.05, 0.1) is 22.9 Å². The van der Waals surface area contributed by atoms with Crippen molar-refractivity contribution in [2.75, 3.05) is 24.7 Å². The number of anilines is 1. The number of rotatable bonds is 4. The number of nitrogens with zero attached hydrogens (tertiary/aromatic N) is 2. The fourth-order valence-corrected chi connectivity index (χ4v) is 5.10. The van der Waals surface area contributed by atoms with Crippen LogP contribution in [0.25, 0.3) is 10.2 Å². The van der Waals surface area contributed by atoms with Crippen LogP contribution in [0.2, 0.25) is 0 Å². The number of halogens is 1. The van der Waals surface area contributed by atoms with Crippen LogP contribution in [0, 0.1) is 0 Å². The van der Waals surface area contributed by atoms with Gasteiger partial charge in [-0.3, -0.25) is 9.69 Å². The number of carbonyl (C=O) groups excluding carboxylic acids is 1. The highest BCUT2D eigenvalue weighted by molar-refractivity contribution is 9.10. The average Bonchev–Trinajstić information content (AvgIpc) is 3.40. The average molecular weight is 475 g/mol. The SMILES string of the molecule is O=C(C1COc2ccccc2O1)N(CC1CCCO1)c1nc2ccc(Br)cc2s1. The zero-order valence-electron chi connectivity index (χ0n) is 15.5. The highest BCUT2D eigenvalue weighted by atomic mass is 79.9. The summed E-state index contributed by atoms with van der Waals surface area (Å²) in [5, 5.41) is 0.654. The van der Waals surface area contributed by atoms with Crippen LogP contribution in [0.3, 0.4) is 0 Å². The molecule has 0 radical (unpaired) electrons. The van der Waals surface area contributed by atoms with Gasteiger partial charge in [0.15, 0.2) is 16.6 Å². The lowest BCUT2D eigenvalue weighted by molar-refractivity contribution is -0.128. The van der Waals surface area contributed by atoms with E-state index in [4.69, 9.17) is 19.2 Å². The van der Waals surface area contributed by atoms with Gasteiger partial charge in [-0.05, 0) is 43.2 Å². The molecule has 2 aromatic carbocycles. The molecule has 0 bridgehead atoms. The lowest BCUT2D eigenvalue weighted by Gasteiger charge is -2.30. The van der Waals surface area contributed by atoms with Gasteiger partial charge in [0, 0.05) is 11.1 Å². The van der Waals surface area contributed by atoms with Crippen molar-refractivity contribution in [3.63, 3.8) is 0 Å². The Morgan fingerprint density at radius 2 is 2.10 bits per heavy atom. The first-order valence-corrected chi connectivity index (χ1v) is 11.2. The maximum Gasteiger partial charge on any atom is 0.273 e. The molecular formula is C21H19BrN2O4S. The molecule has 29 heavy (non-hydrogen) atoms. The second-order valence-electron chi connectivity index (χ2n) is 7.06. The van der Waals surface area contributed by atoms with Gasteiger partial charge < -0.3 is 14.2 Å². The summed E-state index contributed by atoms with van der Waals surface area (Å²) in [5.41, 5.74) is 0.865. The Morgan fingerprint density at radius 1 is 1.24 bits per heavy atom. The van der Waals surface area contributed by atoms with E-state index < -0.39 is 6.10 Å². The van der Waals surface area contributed by atoms with Crippen LogP contribution in [-0.4, -0.2) is 42.9 Å². The monoisotopic (exact) mass is 474 g/mol. The first kappa shape index (κ1) is 18.8. The fourth-order valence-electron chi connectivity index (χ4n) is 3.57. The van der Waals surface area contributed by atoms with Crippen molar-refractivity contribution in [1.29, 1.82) is 0 Å². The summed E-state index contributed by atoms with van der Waals surface area (Å²) in [5.74, 6) is 1.09. The summed E-state index contributed by atoms with van der Waals surface area (Å²) < 4.78 is 19.5. The van der Waals surface area contributed by atoms with Crippen LogP contribution in [0.15, 0.2) is 46.9 Å². The van der Waals surface area contributed by atoms with Crippen LogP contribution >= 0.6 is 27.3 Å². The normalized spacial score (nSPS) is 20.7. The number of hydrogen-bond donors (Lipinski definition) is 0. The Kier molecular flexibility index (Phi) is 5.15. The molecule has 5 rings (SSSR count). The molecule has 2 aliphatic rings. The molecule has 2 unspecified atom stereocenters. The number of benzene rings is 2. The predicted molar refractivity (Wildman–Crippen MR) is 115 cm³/mol. The molecule has 6 nitrogen and oxygen atoms in total. The summed E-state index contributed by atoms with van der Waals surface area (Å²) in [4.78, 5) is 19.9. The van der Waals surface area contributed by atoms with E-state index in [9.17, 15) is 4.79 Å². The van der Waals surface area contributed by atoms with Crippen molar-refractivity contribution in [2.45, 2.75) is 25.0 Å². The van der Waals surface area contributed by atoms with E-state index in [1.54, 1.807) is 4.90 Å². The van der Waals surface area contributed by atoms with Gasteiger partial charge in [-0.2, -0.15) is 0 Å². The van der Waals surface area contributed by atoms with Gasteiger partial charge in [0.1, 0.15) is 6.61 Å². The highest BCUT2D eigenvalue weighted by Crippen LogP contribution is 2.34. The number of thiazole rings is 1. The van der Waals surface area contributed by atoms with Crippen LogP contribution in [-0.2, 0) is 9.53 Å². The van der Waals surface area contributed by atoms with Gasteiger partial charge in [-0.15, -0.1) is 0 Å². The third-order valence-electron chi connectivity index (χ3n) is 5.03. The van der Waals surface area contributed by atoms with Crippen LogP contribution in [0.1, 0.15) is 12.8 Å². The summed E-state index contributed by atoms with van der Waals surface area (Å²) in [6, 6.07) is 13.3. The number of aromatic nitrogens is 1. The molecule has 0 aliphatic carbocycles. The minimum atomic E-state index is -0.718. The molecule has 150 valence electrons. The molecule has 2 aliphatic heterocycles. The van der Waals surface area contributed by atoms with E-state index in [-0.39, 0.29) is 18.6 Å². The van der Waals surface area contributed by atoms with E-state index >= 15 is 0 Å². The smallest absolute Gasteiger partial charge is 0.273 e. The lowest BCUT2D eigenvalue weighted by Crippen LogP contribution is -2.48. The fraction of sp³-hybridized carbons (Fsp3) is 0.333. The van der Waals surface area contributed by atoms with Gasteiger partial charge >= 0.3 is 0 Å². The van der Waals surface area contributed by atoms with E-state index in [0.29, 0.717) is 23.2 Å². The first-order chi connectivity index (χ1) is 14.2. The number of para-hydroxylation sites is 2. The van der Waals surface area contributed by atoms with Crippen molar-refractivity contribution in [1.82, 2.24) is 4.98 Å². The van der Waals surface area contributed by atoms with Gasteiger partial charge in [-0.25, -0.2) is 4.98 Å². The Hall–Kier alpha value is -2.16. The topological polar surface area (TPSA) is 60.9 Å². The summed E-state index contributed by atoms with van der Waals surface area (Å²) >= 11 is 4.99. The van der Waals surface area contributed by atoms with Gasteiger partial charge in [0.2, 0.25) is 6.10 Å². The molecule has 8 heteroatoms. The standard InChI is InChI=1S/C21H19BrN2O4S/c22-13-7-8-15-19(10-13)29-21(23-15)24(11-14-4-3-9-26-14)20(25)18-12-27-16-5-1-2-6-17(16)28-18/h1-2,5-8,10,14,18H,3-4,9,11-12H2. The Bertz CT molecular complexity index is 1050. The van der Waals surface area contributed by atoms with Crippen LogP contribution in [0.4, 0.5) is 5.13 Å². The van der Waals surface area contributed by atoms with Crippen LogP contribution in [0.5, 0.6) is 11.5 Å². The maximum atomic E-state index is 13.5. The van der Waals surface area contributed by atoms with Crippen LogP contribution < -0.4 is 14.4 Å². The number of ether oxygens (including phenoxy) is 3. The Labute approximate surface area is 180 Å². The van der Waals surface area contributed by atoms with Crippen molar-refractivity contribution in [3.8, 4) is 11.5 Å². The maximum absolute atomic E-state index is 13.5. The molecule has 1 aromatic heterocycles. The molecule has 3 aromatic rings. The summed E-state index contributed by atoms with van der Waals surface area (Å²) in [6.07, 6.45) is 1.24. The third kappa shape index (κ3) is 3.84. The molecule has 0 N–H and O–H groups in total. The second kappa shape index (κ2) is 7.93. The van der Waals surface area contributed by atoms with Crippen molar-refractivity contribution < 1.29 is 19.0 Å². The van der Waals surface area contributed by atoms with Crippen molar-refractivity contribution >= 4 is 48.5 Å². The number of fused-ring (bicyclic) bond motifs is 2. The summed E-state index contributed by atoms with van der Waals surface area (Å²) in [7, 11) is 0. The Balaban J connectivity index is 1.45. The predicted octanol–water partition coefficient (Wildman–Crippen LogP) is 4.41. The molecule has 3 heterocycles. The number of hydrogen-bond acceptors (Lipinski definition) is 6. The largest absolute Gasteiger partial charge is 0.485 e. The van der Waals surface area contributed by atoms with E-state index in [1.807, 2.05) is 42.5 Å². The molecular weight excluding hydrogens is 456 g/mol. The van der Waals surface area contributed by atoms with E-state index in [0.717, 1.165) is 34.1 Å². The number of carbonyl (C=O) groups is 1. The molecule has 0 saturated carbocycles.